The molecule has 0 spiro atoms. The second-order valence-electron chi connectivity index (χ2n) is 5.15. The molecule has 3 rings (SSSR count). The van der Waals surface area contributed by atoms with Crippen LogP contribution in [0.5, 0.6) is 0 Å². The molecule has 2 aromatic heterocycles. The Bertz CT molecular complexity index is 790. The summed E-state index contributed by atoms with van der Waals surface area (Å²) in [6, 6.07) is 8.92. The molecule has 0 saturated carbocycles. The van der Waals surface area contributed by atoms with Crippen LogP contribution in [0, 0.1) is 6.92 Å². The highest BCUT2D eigenvalue weighted by molar-refractivity contribution is 6.03. The van der Waals surface area contributed by atoms with Crippen LogP contribution < -0.4 is 5.32 Å². The molecular weight excluding hydrogens is 294 g/mol. The number of rotatable bonds is 5. The lowest BCUT2D eigenvalue weighted by molar-refractivity contribution is 0.102. The smallest absolute Gasteiger partial charge is 0.256 e. The van der Waals surface area contributed by atoms with Gasteiger partial charge in [-0.05, 0) is 48.0 Å². The van der Waals surface area contributed by atoms with Crippen molar-refractivity contribution in [2.75, 3.05) is 5.32 Å². The van der Waals surface area contributed by atoms with Crippen LogP contribution in [0.15, 0.2) is 36.7 Å². The van der Waals surface area contributed by atoms with Gasteiger partial charge in [-0.2, -0.15) is 5.10 Å². The van der Waals surface area contributed by atoms with Gasteiger partial charge in [0.25, 0.3) is 5.91 Å². The normalized spacial score (nSPS) is 10.7. The highest BCUT2D eigenvalue weighted by atomic mass is 16.1. The largest absolute Gasteiger partial charge is 0.307 e. The van der Waals surface area contributed by atoms with Crippen molar-refractivity contribution in [3.63, 3.8) is 0 Å². The van der Waals surface area contributed by atoms with E-state index in [-0.39, 0.29) is 5.91 Å². The zero-order chi connectivity index (χ0) is 16.2. The minimum absolute atomic E-state index is 0.175. The van der Waals surface area contributed by atoms with Crippen molar-refractivity contribution >= 4 is 11.7 Å². The Morgan fingerprint density at radius 2 is 2.04 bits per heavy atom. The number of nitrogens with zero attached hydrogens (tertiary/aromatic N) is 6. The molecule has 2 heterocycles. The third kappa shape index (κ3) is 3.25. The summed E-state index contributed by atoms with van der Waals surface area (Å²) in [6.45, 7) is 4.74. The van der Waals surface area contributed by atoms with E-state index in [2.05, 4.69) is 32.9 Å². The summed E-state index contributed by atoms with van der Waals surface area (Å²) in [5.41, 5.74) is 2.23. The Balaban J connectivity index is 1.76. The van der Waals surface area contributed by atoms with E-state index in [0.29, 0.717) is 11.4 Å². The lowest BCUT2D eigenvalue weighted by Crippen LogP contribution is -2.15. The summed E-state index contributed by atoms with van der Waals surface area (Å²) in [5, 5.41) is 18.2. The summed E-state index contributed by atoms with van der Waals surface area (Å²) in [6.07, 6.45) is 2.45. The fourth-order valence-corrected chi connectivity index (χ4v) is 2.26. The number of anilines is 1. The number of carbonyl (C=O) groups is 1. The molecule has 8 heteroatoms. The predicted molar refractivity (Wildman–Crippen MR) is 84.4 cm³/mol. The lowest BCUT2D eigenvalue weighted by Gasteiger charge is -2.08. The van der Waals surface area contributed by atoms with Crippen LogP contribution >= 0.6 is 0 Å². The zero-order valence-corrected chi connectivity index (χ0v) is 13.0. The van der Waals surface area contributed by atoms with Crippen molar-refractivity contribution < 1.29 is 4.79 Å². The van der Waals surface area contributed by atoms with E-state index in [9.17, 15) is 4.79 Å². The molecule has 0 bridgehead atoms. The van der Waals surface area contributed by atoms with Gasteiger partial charge in [0.1, 0.15) is 12.1 Å². The molecule has 1 aromatic carbocycles. The second-order valence-corrected chi connectivity index (χ2v) is 5.15. The van der Waals surface area contributed by atoms with E-state index >= 15 is 0 Å². The van der Waals surface area contributed by atoms with Crippen molar-refractivity contribution in [3.05, 3.63) is 47.9 Å². The molecule has 0 aliphatic heterocycles. The number of benzene rings is 1. The highest BCUT2D eigenvalue weighted by Crippen LogP contribution is 2.14. The van der Waals surface area contributed by atoms with Gasteiger partial charge in [0.05, 0.1) is 11.4 Å². The Morgan fingerprint density at radius 1 is 1.26 bits per heavy atom. The molecule has 3 aromatic rings. The van der Waals surface area contributed by atoms with Crippen LogP contribution in [0.25, 0.3) is 5.69 Å². The fraction of sp³-hybridized carbons (Fsp3) is 0.267. The van der Waals surface area contributed by atoms with E-state index < -0.39 is 0 Å². The molecule has 0 aliphatic carbocycles. The van der Waals surface area contributed by atoms with Crippen molar-refractivity contribution in [1.82, 2.24) is 30.0 Å². The second kappa shape index (κ2) is 6.39. The molecule has 0 saturated heterocycles. The Hall–Kier alpha value is -3.03. The quantitative estimate of drug-likeness (QED) is 0.776. The molecule has 23 heavy (non-hydrogen) atoms. The number of aryl methyl sites for hydroxylation is 2. The van der Waals surface area contributed by atoms with Crippen LogP contribution in [-0.2, 0) is 6.54 Å². The number of aromatic nitrogens is 6. The monoisotopic (exact) mass is 311 g/mol. The van der Waals surface area contributed by atoms with Crippen molar-refractivity contribution in [1.29, 1.82) is 0 Å². The molecule has 1 amide bonds. The first-order chi connectivity index (χ1) is 11.2. The van der Waals surface area contributed by atoms with Gasteiger partial charge in [-0.25, -0.2) is 9.36 Å². The number of hydrogen-bond acceptors (Lipinski definition) is 5. The van der Waals surface area contributed by atoms with Crippen LogP contribution in [0.2, 0.25) is 0 Å². The Labute approximate surface area is 133 Å². The van der Waals surface area contributed by atoms with Gasteiger partial charge in [0, 0.05) is 18.2 Å². The average molecular weight is 311 g/mol. The lowest BCUT2D eigenvalue weighted by atomic mass is 10.2. The number of carbonyl (C=O) groups excluding carboxylic acids is 1. The van der Waals surface area contributed by atoms with Crippen molar-refractivity contribution in [3.8, 4) is 5.69 Å². The Kier molecular flexibility index (Phi) is 4.13. The molecule has 0 atom stereocenters. The summed E-state index contributed by atoms with van der Waals surface area (Å²) in [5.74, 6) is 0.532. The third-order valence-corrected chi connectivity index (χ3v) is 3.32. The van der Waals surface area contributed by atoms with E-state index in [1.165, 1.54) is 11.0 Å². The van der Waals surface area contributed by atoms with Crippen LogP contribution in [0.4, 0.5) is 5.82 Å². The minimum Gasteiger partial charge on any atom is -0.307 e. The molecule has 118 valence electrons. The van der Waals surface area contributed by atoms with Gasteiger partial charge < -0.3 is 5.32 Å². The maximum Gasteiger partial charge on any atom is 0.256 e. The standard InChI is InChI=1S/C15H17N7O/c1-3-8-21-14(9-11(2)18-21)17-15(23)12-4-6-13(7-5-12)22-10-16-19-20-22/h4-7,9-10H,3,8H2,1-2H3,(H,17,23). The maximum atomic E-state index is 12.4. The summed E-state index contributed by atoms with van der Waals surface area (Å²) in [7, 11) is 0. The summed E-state index contributed by atoms with van der Waals surface area (Å²) < 4.78 is 3.34. The summed E-state index contributed by atoms with van der Waals surface area (Å²) in [4.78, 5) is 12.4. The molecular formula is C15H17N7O. The first kappa shape index (κ1) is 14.9. The number of tetrazole rings is 1. The highest BCUT2D eigenvalue weighted by Gasteiger charge is 2.11. The Morgan fingerprint density at radius 3 is 2.70 bits per heavy atom. The fourth-order valence-electron chi connectivity index (χ4n) is 2.26. The number of hydrogen-bond donors (Lipinski definition) is 1. The topological polar surface area (TPSA) is 90.5 Å². The van der Waals surface area contributed by atoms with Gasteiger partial charge in [0.15, 0.2) is 0 Å². The van der Waals surface area contributed by atoms with Gasteiger partial charge >= 0.3 is 0 Å². The minimum atomic E-state index is -0.175. The van der Waals surface area contributed by atoms with Crippen LogP contribution in [-0.4, -0.2) is 35.9 Å². The van der Waals surface area contributed by atoms with Crippen LogP contribution in [0.1, 0.15) is 29.4 Å². The first-order valence-electron chi connectivity index (χ1n) is 7.36. The van der Waals surface area contributed by atoms with Gasteiger partial charge in [-0.3, -0.25) is 4.79 Å². The molecule has 0 aliphatic rings. The first-order valence-corrected chi connectivity index (χ1v) is 7.36. The molecule has 0 fully saturated rings. The predicted octanol–water partition coefficient (Wildman–Crippen LogP) is 1.83. The van der Waals surface area contributed by atoms with E-state index in [1.54, 1.807) is 24.3 Å². The molecule has 0 radical (unpaired) electrons. The third-order valence-electron chi connectivity index (χ3n) is 3.32. The van der Waals surface area contributed by atoms with Gasteiger partial charge in [-0.15, -0.1) is 5.10 Å². The van der Waals surface area contributed by atoms with E-state index in [1.807, 2.05) is 17.7 Å². The zero-order valence-electron chi connectivity index (χ0n) is 13.0. The number of nitrogens with one attached hydrogen (secondary N) is 1. The van der Waals surface area contributed by atoms with E-state index in [0.717, 1.165) is 24.3 Å². The van der Waals surface area contributed by atoms with Crippen LogP contribution in [0.3, 0.4) is 0 Å². The van der Waals surface area contributed by atoms with Gasteiger partial charge in [0.2, 0.25) is 0 Å². The molecule has 0 unspecified atom stereocenters. The summed E-state index contributed by atoms with van der Waals surface area (Å²) >= 11 is 0. The van der Waals surface area contributed by atoms with Crippen molar-refractivity contribution in [2.24, 2.45) is 0 Å². The van der Waals surface area contributed by atoms with Crippen molar-refractivity contribution in [2.45, 2.75) is 26.8 Å². The van der Waals surface area contributed by atoms with Gasteiger partial charge in [-0.1, -0.05) is 6.92 Å². The number of amides is 1. The maximum absolute atomic E-state index is 12.4. The van der Waals surface area contributed by atoms with E-state index in [4.69, 9.17) is 0 Å². The molecule has 8 nitrogen and oxygen atoms in total. The SMILES string of the molecule is CCCn1nc(C)cc1NC(=O)c1ccc(-n2cnnn2)cc1. The average Bonchev–Trinajstić information content (AvgIpc) is 3.18. The molecule has 1 N–H and O–H groups in total.